The SMILES string of the molecule is N[C@H]1CCN(C(=O)Cc2ccc(O)cc2)C1. The number of likely N-dealkylation sites (tertiary alicyclic amines) is 1. The second-order valence-electron chi connectivity index (χ2n) is 4.23. The normalized spacial score (nSPS) is 20.1. The highest BCUT2D eigenvalue weighted by molar-refractivity contribution is 5.79. The van der Waals surface area contributed by atoms with Crippen LogP contribution in [-0.4, -0.2) is 35.0 Å². The number of nitrogens with two attached hydrogens (primary N) is 1. The van der Waals surface area contributed by atoms with Crippen LogP contribution in [0.1, 0.15) is 12.0 Å². The van der Waals surface area contributed by atoms with Gasteiger partial charge in [-0.05, 0) is 24.1 Å². The second kappa shape index (κ2) is 4.53. The summed E-state index contributed by atoms with van der Waals surface area (Å²) < 4.78 is 0. The zero-order valence-electron chi connectivity index (χ0n) is 9.10. The minimum atomic E-state index is 0.110. The highest BCUT2D eigenvalue weighted by atomic mass is 16.3. The molecule has 0 spiro atoms. The molecule has 0 saturated carbocycles. The molecule has 1 aliphatic heterocycles. The van der Waals surface area contributed by atoms with Crippen molar-refractivity contribution >= 4 is 5.91 Å². The summed E-state index contributed by atoms with van der Waals surface area (Å²) in [5.74, 6) is 0.332. The third-order valence-electron chi connectivity index (χ3n) is 2.87. The van der Waals surface area contributed by atoms with E-state index in [1.165, 1.54) is 0 Å². The fraction of sp³-hybridized carbons (Fsp3) is 0.417. The van der Waals surface area contributed by atoms with Crippen LogP contribution in [0, 0.1) is 0 Å². The van der Waals surface area contributed by atoms with Crippen molar-refractivity contribution in [2.24, 2.45) is 5.73 Å². The van der Waals surface area contributed by atoms with Crippen LogP contribution in [0.15, 0.2) is 24.3 Å². The molecule has 1 heterocycles. The minimum absolute atomic E-state index is 0.110. The largest absolute Gasteiger partial charge is 0.508 e. The maximum atomic E-state index is 11.9. The zero-order chi connectivity index (χ0) is 11.5. The average Bonchev–Trinajstić information content (AvgIpc) is 2.68. The number of benzene rings is 1. The van der Waals surface area contributed by atoms with Crippen molar-refractivity contribution in [1.29, 1.82) is 0 Å². The number of aromatic hydroxyl groups is 1. The molecule has 1 atom stereocenters. The Hall–Kier alpha value is -1.55. The van der Waals surface area contributed by atoms with Crippen molar-refractivity contribution in [3.05, 3.63) is 29.8 Å². The first-order valence-corrected chi connectivity index (χ1v) is 5.46. The Balaban J connectivity index is 1.94. The van der Waals surface area contributed by atoms with Crippen LogP contribution in [-0.2, 0) is 11.2 Å². The van der Waals surface area contributed by atoms with Gasteiger partial charge < -0.3 is 15.7 Å². The highest BCUT2D eigenvalue weighted by Crippen LogP contribution is 2.13. The van der Waals surface area contributed by atoms with Crippen molar-refractivity contribution in [1.82, 2.24) is 4.90 Å². The van der Waals surface area contributed by atoms with E-state index in [2.05, 4.69) is 0 Å². The van der Waals surface area contributed by atoms with Gasteiger partial charge in [0, 0.05) is 19.1 Å². The number of amides is 1. The monoisotopic (exact) mass is 220 g/mol. The fourth-order valence-corrected chi connectivity index (χ4v) is 1.91. The van der Waals surface area contributed by atoms with Gasteiger partial charge >= 0.3 is 0 Å². The Kier molecular flexibility index (Phi) is 3.10. The van der Waals surface area contributed by atoms with Crippen molar-refractivity contribution in [3.63, 3.8) is 0 Å². The van der Waals surface area contributed by atoms with Crippen LogP contribution < -0.4 is 5.73 Å². The Morgan fingerprint density at radius 3 is 2.69 bits per heavy atom. The van der Waals surface area contributed by atoms with E-state index in [1.54, 1.807) is 29.2 Å². The molecule has 1 saturated heterocycles. The molecule has 0 radical (unpaired) electrons. The molecule has 2 rings (SSSR count). The van der Waals surface area contributed by atoms with Crippen molar-refractivity contribution in [2.75, 3.05) is 13.1 Å². The van der Waals surface area contributed by atoms with E-state index in [-0.39, 0.29) is 17.7 Å². The first-order chi connectivity index (χ1) is 7.65. The summed E-state index contributed by atoms with van der Waals surface area (Å²) in [7, 11) is 0. The Morgan fingerprint density at radius 2 is 2.12 bits per heavy atom. The first kappa shape index (κ1) is 11.0. The molecular weight excluding hydrogens is 204 g/mol. The van der Waals surface area contributed by atoms with Crippen LogP contribution in [0.5, 0.6) is 5.75 Å². The molecular formula is C12H16N2O2. The quantitative estimate of drug-likeness (QED) is 0.762. The van der Waals surface area contributed by atoms with Crippen molar-refractivity contribution in [2.45, 2.75) is 18.9 Å². The van der Waals surface area contributed by atoms with Gasteiger partial charge in [-0.1, -0.05) is 12.1 Å². The van der Waals surface area contributed by atoms with Gasteiger partial charge in [-0.25, -0.2) is 0 Å². The molecule has 3 N–H and O–H groups in total. The summed E-state index contributed by atoms with van der Waals surface area (Å²) in [5, 5.41) is 9.13. The van der Waals surface area contributed by atoms with E-state index >= 15 is 0 Å². The van der Waals surface area contributed by atoms with Gasteiger partial charge in [-0.15, -0.1) is 0 Å². The summed E-state index contributed by atoms with van der Waals surface area (Å²) in [4.78, 5) is 13.7. The lowest BCUT2D eigenvalue weighted by Crippen LogP contribution is -2.32. The summed E-state index contributed by atoms with van der Waals surface area (Å²) >= 11 is 0. The first-order valence-electron chi connectivity index (χ1n) is 5.46. The summed E-state index contributed by atoms with van der Waals surface area (Å²) in [5.41, 5.74) is 6.67. The highest BCUT2D eigenvalue weighted by Gasteiger charge is 2.23. The lowest BCUT2D eigenvalue weighted by atomic mass is 10.1. The molecule has 1 fully saturated rings. The topological polar surface area (TPSA) is 66.6 Å². The molecule has 86 valence electrons. The molecule has 1 aliphatic rings. The maximum absolute atomic E-state index is 11.9. The standard InChI is InChI=1S/C12H16N2O2/c13-10-5-6-14(8-10)12(16)7-9-1-3-11(15)4-2-9/h1-4,10,15H,5-8,13H2/t10-/m0/s1. The van der Waals surface area contributed by atoms with Crippen LogP contribution in [0.25, 0.3) is 0 Å². The number of rotatable bonds is 2. The number of hydrogen-bond donors (Lipinski definition) is 2. The maximum Gasteiger partial charge on any atom is 0.227 e. The molecule has 4 nitrogen and oxygen atoms in total. The number of phenols is 1. The number of nitrogens with zero attached hydrogens (tertiary/aromatic N) is 1. The van der Waals surface area contributed by atoms with Crippen molar-refractivity contribution < 1.29 is 9.90 Å². The smallest absolute Gasteiger partial charge is 0.227 e. The van der Waals surface area contributed by atoms with Crippen LogP contribution in [0.3, 0.4) is 0 Å². The number of carbonyl (C=O) groups excluding carboxylic acids is 1. The average molecular weight is 220 g/mol. The third-order valence-corrected chi connectivity index (χ3v) is 2.87. The van der Waals surface area contributed by atoms with Gasteiger partial charge in [0.15, 0.2) is 0 Å². The molecule has 4 heteroatoms. The summed E-state index contributed by atoms with van der Waals surface area (Å²) in [6.07, 6.45) is 1.27. The van der Waals surface area contributed by atoms with Gasteiger partial charge in [0.2, 0.25) is 5.91 Å². The number of carbonyl (C=O) groups is 1. The fourth-order valence-electron chi connectivity index (χ4n) is 1.91. The Labute approximate surface area is 94.7 Å². The predicted molar refractivity (Wildman–Crippen MR) is 61.0 cm³/mol. The second-order valence-corrected chi connectivity index (χ2v) is 4.23. The van der Waals surface area contributed by atoms with Crippen LogP contribution in [0.4, 0.5) is 0 Å². The van der Waals surface area contributed by atoms with Gasteiger partial charge in [0.05, 0.1) is 6.42 Å². The lowest BCUT2D eigenvalue weighted by Gasteiger charge is -2.15. The zero-order valence-corrected chi connectivity index (χ0v) is 9.10. The third kappa shape index (κ3) is 2.52. The molecule has 1 aromatic rings. The molecule has 0 bridgehead atoms. The number of hydrogen-bond acceptors (Lipinski definition) is 3. The Bertz CT molecular complexity index is 375. The van der Waals surface area contributed by atoms with Gasteiger partial charge in [-0.2, -0.15) is 0 Å². The molecule has 1 aromatic carbocycles. The molecule has 0 aliphatic carbocycles. The predicted octanol–water partition coefficient (Wildman–Crippen LogP) is 0.494. The minimum Gasteiger partial charge on any atom is -0.508 e. The van der Waals surface area contributed by atoms with Gasteiger partial charge in [0.25, 0.3) is 0 Å². The number of phenolic OH excluding ortho intramolecular Hbond substituents is 1. The molecule has 1 amide bonds. The summed E-state index contributed by atoms with van der Waals surface area (Å²) in [6, 6.07) is 6.85. The molecule has 0 aromatic heterocycles. The van der Waals surface area contributed by atoms with E-state index in [0.717, 1.165) is 18.5 Å². The van der Waals surface area contributed by atoms with Gasteiger partial charge in [-0.3, -0.25) is 4.79 Å². The Morgan fingerprint density at radius 1 is 1.44 bits per heavy atom. The van der Waals surface area contributed by atoms with E-state index in [0.29, 0.717) is 13.0 Å². The van der Waals surface area contributed by atoms with Gasteiger partial charge in [0.1, 0.15) is 5.75 Å². The van der Waals surface area contributed by atoms with E-state index in [1.807, 2.05) is 0 Å². The van der Waals surface area contributed by atoms with E-state index < -0.39 is 0 Å². The van der Waals surface area contributed by atoms with E-state index in [9.17, 15) is 4.79 Å². The lowest BCUT2D eigenvalue weighted by molar-refractivity contribution is -0.129. The van der Waals surface area contributed by atoms with Crippen LogP contribution in [0.2, 0.25) is 0 Å². The molecule has 0 unspecified atom stereocenters. The summed E-state index contributed by atoms with van der Waals surface area (Å²) in [6.45, 7) is 1.43. The van der Waals surface area contributed by atoms with Crippen LogP contribution >= 0.6 is 0 Å². The molecule has 16 heavy (non-hydrogen) atoms. The van der Waals surface area contributed by atoms with Crippen molar-refractivity contribution in [3.8, 4) is 5.75 Å². The van der Waals surface area contributed by atoms with E-state index in [4.69, 9.17) is 10.8 Å².